The maximum absolute atomic E-state index is 11.9. The van der Waals surface area contributed by atoms with E-state index in [1.165, 1.54) is 5.56 Å². The van der Waals surface area contributed by atoms with Crippen molar-refractivity contribution in [2.75, 3.05) is 6.54 Å². The number of aliphatic carboxylic acids is 1. The summed E-state index contributed by atoms with van der Waals surface area (Å²) in [7, 11) is 0. The lowest BCUT2D eigenvalue weighted by atomic mass is 9.87. The fourth-order valence-corrected chi connectivity index (χ4v) is 3.13. The van der Waals surface area contributed by atoms with Gasteiger partial charge in [-0.05, 0) is 40.8 Å². The van der Waals surface area contributed by atoms with E-state index < -0.39 is 11.9 Å². The highest BCUT2D eigenvalue weighted by Crippen LogP contribution is 2.27. The first-order chi connectivity index (χ1) is 12.7. The normalized spacial score (nSPS) is 17.2. The Morgan fingerprint density at radius 2 is 1.63 bits per heavy atom. The second kappa shape index (κ2) is 7.43. The van der Waals surface area contributed by atoms with Crippen LogP contribution in [0.15, 0.2) is 48.5 Å². The van der Waals surface area contributed by atoms with Gasteiger partial charge in [-0.2, -0.15) is 0 Å². The largest absolute Gasteiger partial charge is 0.481 e. The van der Waals surface area contributed by atoms with Gasteiger partial charge in [0.1, 0.15) is 11.5 Å². The molecule has 5 heteroatoms. The second-order valence-electron chi connectivity index (χ2n) is 8.03. The van der Waals surface area contributed by atoms with Crippen molar-refractivity contribution < 1.29 is 19.4 Å². The highest BCUT2D eigenvalue weighted by Gasteiger charge is 2.34. The van der Waals surface area contributed by atoms with Crippen LogP contribution in [0.3, 0.4) is 0 Å². The highest BCUT2D eigenvalue weighted by molar-refractivity contribution is 5.86. The Kier molecular flexibility index (Phi) is 5.22. The summed E-state index contributed by atoms with van der Waals surface area (Å²) >= 11 is 0. The number of carboxylic acid groups (broad SMARTS) is 1. The molecule has 0 radical (unpaired) electrons. The van der Waals surface area contributed by atoms with Gasteiger partial charge in [0.2, 0.25) is 5.91 Å². The van der Waals surface area contributed by atoms with Gasteiger partial charge in [-0.3, -0.25) is 9.59 Å². The number of hydrogen-bond donors (Lipinski definition) is 1. The first-order valence-electron chi connectivity index (χ1n) is 9.10. The summed E-state index contributed by atoms with van der Waals surface area (Å²) in [5.74, 6) is -0.127. The van der Waals surface area contributed by atoms with Crippen LogP contribution in [-0.4, -0.2) is 28.4 Å². The Bertz CT molecular complexity index is 819. The van der Waals surface area contributed by atoms with E-state index in [0.29, 0.717) is 6.54 Å². The van der Waals surface area contributed by atoms with Crippen LogP contribution in [0.25, 0.3) is 0 Å². The fraction of sp³-hybridized carbons (Fsp3) is 0.364. The molecular formula is C22H25NO4. The zero-order valence-electron chi connectivity index (χ0n) is 15.9. The molecule has 0 spiro atoms. The number of carbonyl (C=O) groups excluding carboxylic acids is 1. The predicted molar refractivity (Wildman–Crippen MR) is 103 cm³/mol. The van der Waals surface area contributed by atoms with E-state index >= 15 is 0 Å². The molecule has 2 aromatic rings. The van der Waals surface area contributed by atoms with E-state index in [1.54, 1.807) is 4.90 Å². The molecule has 0 bridgehead atoms. The third kappa shape index (κ3) is 4.67. The van der Waals surface area contributed by atoms with Crippen LogP contribution in [0.4, 0.5) is 0 Å². The lowest BCUT2D eigenvalue weighted by Crippen LogP contribution is -2.25. The molecule has 1 atom stereocenters. The van der Waals surface area contributed by atoms with E-state index in [9.17, 15) is 9.59 Å². The van der Waals surface area contributed by atoms with Gasteiger partial charge >= 0.3 is 5.97 Å². The van der Waals surface area contributed by atoms with Crippen molar-refractivity contribution >= 4 is 11.9 Å². The minimum atomic E-state index is -0.910. The Balaban J connectivity index is 1.61. The molecule has 1 aliphatic rings. The topological polar surface area (TPSA) is 66.8 Å². The van der Waals surface area contributed by atoms with E-state index in [-0.39, 0.29) is 24.3 Å². The maximum atomic E-state index is 11.9. The van der Waals surface area contributed by atoms with Gasteiger partial charge < -0.3 is 14.7 Å². The summed E-state index contributed by atoms with van der Waals surface area (Å²) in [6, 6.07) is 15.6. The third-order valence-electron chi connectivity index (χ3n) is 4.82. The van der Waals surface area contributed by atoms with Gasteiger partial charge in [0.15, 0.2) is 0 Å². The third-order valence-corrected chi connectivity index (χ3v) is 4.82. The number of carboxylic acids is 1. The highest BCUT2D eigenvalue weighted by atomic mass is 16.5. The van der Waals surface area contributed by atoms with Crippen LogP contribution in [0.1, 0.15) is 38.3 Å². The van der Waals surface area contributed by atoms with Crippen molar-refractivity contribution in [3.8, 4) is 11.5 Å². The summed E-state index contributed by atoms with van der Waals surface area (Å²) < 4.78 is 5.88. The van der Waals surface area contributed by atoms with Gasteiger partial charge in [0.25, 0.3) is 0 Å². The van der Waals surface area contributed by atoms with Crippen LogP contribution in [0.2, 0.25) is 0 Å². The average Bonchev–Trinajstić information content (AvgIpc) is 2.97. The number of amides is 1. The SMILES string of the molecule is CC(C)(C)c1ccc(Oc2ccc(CN3CC(C(=O)O)CC3=O)cc2)cc1. The van der Waals surface area contributed by atoms with E-state index in [0.717, 1.165) is 17.1 Å². The zero-order valence-corrected chi connectivity index (χ0v) is 15.9. The smallest absolute Gasteiger partial charge is 0.308 e. The summed E-state index contributed by atoms with van der Waals surface area (Å²) in [5, 5.41) is 9.06. The fourth-order valence-electron chi connectivity index (χ4n) is 3.13. The minimum Gasteiger partial charge on any atom is -0.481 e. The van der Waals surface area contributed by atoms with Crippen molar-refractivity contribution in [2.24, 2.45) is 5.92 Å². The molecule has 1 fully saturated rings. The lowest BCUT2D eigenvalue weighted by molar-refractivity contribution is -0.141. The molecule has 142 valence electrons. The number of rotatable bonds is 5. The van der Waals surface area contributed by atoms with E-state index in [1.807, 2.05) is 36.4 Å². The first kappa shape index (κ1) is 19.0. The minimum absolute atomic E-state index is 0.0844. The Labute approximate surface area is 159 Å². The summed E-state index contributed by atoms with van der Waals surface area (Å²) in [4.78, 5) is 24.6. The molecular weight excluding hydrogens is 342 g/mol. The van der Waals surface area contributed by atoms with Crippen LogP contribution in [0, 0.1) is 5.92 Å². The van der Waals surface area contributed by atoms with Gasteiger partial charge in [-0.1, -0.05) is 45.0 Å². The predicted octanol–water partition coefficient (Wildman–Crippen LogP) is 4.21. The summed E-state index contributed by atoms with van der Waals surface area (Å²) in [6.45, 7) is 7.21. The Morgan fingerprint density at radius 1 is 1.07 bits per heavy atom. The van der Waals surface area contributed by atoms with Gasteiger partial charge in [-0.15, -0.1) is 0 Å². The molecule has 1 saturated heterocycles. The number of hydrogen-bond acceptors (Lipinski definition) is 3. The number of nitrogens with zero attached hydrogens (tertiary/aromatic N) is 1. The quantitative estimate of drug-likeness (QED) is 0.860. The molecule has 1 heterocycles. The average molecular weight is 367 g/mol. The zero-order chi connectivity index (χ0) is 19.6. The molecule has 2 aromatic carbocycles. The van der Waals surface area contributed by atoms with Crippen LogP contribution in [0.5, 0.6) is 11.5 Å². The summed E-state index contributed by atoms with van der Waals surface area (Å²) in [6.07, 6.45) is 0.0844. The molecule has 0 aliphatic carbocycles. The Morgan fingerprint density at radius 3 is 2.11 bits per heavy atom. The molecule has 27 heavy (non-hydrogen) atoms. The second-order valence-corrected chi connectivity index (χ2v) is 8.03. The van der Waals surface area contributed by atoms with Crippen LogP contribution in [-0.2, 0) is 21.5 Å². The lowest BCUT2D eigenvalue weighted by Gasteiger charge is -2.19. The molecule has 0 aromatic heterocycles. The van der Waals surface area contributed by atoms with E-state index in [4.69, 9.17) is 9.84 Å². The number of benzene rings is 2. The maximum Gasteiger partial charge on any atom is 0.308 e. The van der Waals surface area contributed by atoms with Gasteiger partial charge in [0.05, 0.1) is 5.92 Å². The van der Waals surface area contributed by atoms with Crippen molar-refractivity contribution in [2.45, 2.75) is 39.2 Å². The van der Waals surface area contributed by atoms with Crippen molar-refractivity contribution in [3.05, 3.63) is 59.7 Å². The number of ether oxygens (including phenoxy) is 1. The molecule has 0 saturated carbocycles. The monoisotopic (exact) mass is 367 g/mol. The van der Waals surface area contributed by atoms with E-state index in [2.05, 4.69) is 32.9 Å². The first-order valence-corrected chi connectivity index (χ1v) is 9.10. The Hall–Kier alpha value is -2.82. The standard InChI is InChI=1S/C22H25NO4/c1-22(2,3)17-6-10-19(11-7-17)27-18-8-4-15(5-9-18)13-23-14-16(21(25)26)12-20(23)24/h4-11,16H,12-14H2,1-3H3,(H,25,26). The van der Waals surface area contributed by atoms with Gasteiger partial charge in [0, 0.05) is 19.5 Å². The van der Waals surface area contributed by atoms with Crippen LogP contribution < -0.4 is 4.74 Å². The molecule has 5 nitrogen and oxygen atoms in total. The van der Waals surface area contributed by atoms with Crippen molar-refractivity contribution in [1.82, 2.24) is 4.90 Å². The number of likely N-dealkylation sites (tertiary alicyclic amines) is 1. The van der Waals surface area contributed by atoms with Gasteiger partial charge in [-0.25, -0.2) is 0 Å². The van der Waals surface area contributed by atoms with Crippen molar-refractivity contribution in [3.63, 3.8) is 0 Å². The molecule has 1 amide bonds. The summed E-state index contributed by atoms with van der Waals surface area (Å²) in [5.41, 5.74) is 2.30. The molecule has 3 rings (SSSR count). The molecule has 1 aliphatic heterocycles. The molecule has 1 unspecified atom stereocenters. The van der Waals surface area contributed by atoms with Crippen LogP contribution >= 0.6 is 0 Å². The van der Waals surface area contributed by atoms with Crippen molar-refractivity contribution in [1.29, 1.82) is 0 Å². The molecule has 1 N–H and O–H groups in total. The number of carbonyl (C=O) groups is 2.